The molecule has 0 bridgehead atoms. The minimum absolute atomic E-state index is 0.00403. The molecule has 10 aromatic rings. The number of carbonyl (C=O) groups is 8. The smallest absolute Gasteiger partial charge is 0.315 e. The van der Waals surface area contributed by atoms with E-state index in [0.29, 0.717) is 134 Å². The molecule has 8 atom stereocenters. The van der Waals surface area contributed by atoms with Crippen LogP contribution in [0.2, 0.25) is 0 Å². The lowest BCUT2D eigenvalue weighted by Gasteiger charge is -2.29. The molecule has 26 heteroatoms. The summed E-state index contributed by atoms with van der Waals surface area (Å²) >= 11 is 0. The zero-order valence-electron chi connectivity index (χ0n) is 76.5. The van der Waals surface area contributed by atoms with Gasteiger partial charge in [-0.2, -0.15) is 0 Å². The van der Waals surface area contributed by atoms with E-state index in [1.165, 1.54) is 23.1 Å². The minimum atomic E-state index is -0.610. The van der Waals surface area contributed by atoms with Gasteiger partial charge in [-0.15, -0.1) is 0 Å². The number of esters is 1. The molecule has 4 fully saturated rings. The fourth-order valence-corrected chi connectivity index (χ4v) is 17.6. The van der Waals surface area contributed by atoms with Crippen LogP contribution in [0.5, 0.6) is 5.75 Å². The maximum Gasteiger partial charge on any atom is 0.315 e. The molecular formula is C107H130N16O10. The molecule has 3 aliphatic heterocycles. The van der Waals surface area contributed by atoms with E-state index < -0.39 is 24.0 Å². The number of nitrogens with zero attached hydrogens (tertiary/aromatic N) is 5. The SMILES string of the molecule is CCOC(=O)C(CN1CC[C@@H](CNC(=O)c2ccc3ccccc3c2)N[C@@H](CCCN=C(N)N)C1=O)c1ccccc1.Cc1ccc(/C=C/C(=O)NC[C@@H]2CCN(CC(c3ccccc3)c3ccccc3)C(=O)[C@H](CCCNC(=O)C3CCCCC3)N2)cc1.NC(N)=NCCC[C@@H]1N[C@H](CNC(=O)c2ccc3ccccc3c2)CCN(CC(Oc2ccccc2)c2ccccc2)C1=O. The molecule has 0 aromatic heterocycles. The quantitative estimate of drug-likeness (QED) is 0.00566. The average Bonchev–Trinajstić information content (AvgIpc) is 1.78. The van der Waals surface area contributed by atoms with Crippen molar-refractivity contribution in [3.63, 3.8) is 0 Å². The highest BCUT2D eigenvalue weighted by molar-refractivity contribution is 6.00. The van der Waals surface area contributed by atoms with Crippen LogP contribution >= 0.6 is 0 Å². The lowest BCUT2D eigenvalue weighted by Crippen LogP contribution is -2.49. The first-order valence-corrected chi connectivity index (χ1v) is 47.0. The molecule has 15 N–H and O–H groups in total. The van der Waals surface area contributed by atoms with Crippen molar-refractivity contribution in [3.05, 3.63) is 311 Å². The van der Waals surface area contributed by atoms with Crippen LogP contribution in [-0.4, -0.2) is 195 Å². The van der Waals surface area contributed by atoms with Gasteiger partial charge in [-0.05, 0) is 176 Å². The van der Waals surface area contributed by atoms with Gasteiger partial charge in [0.15, 0.2) is 11.9 Å². The summed E-state index contributed by atoms with van der Waals surface area (Å²) < 4.78 is 11.8. The number of ether oxygens (including phenoxy) is 2. The van der Waals surface area contributed by atoms with Crippen LogP contribution in [0.4, 0.5) is 0 Å². The Morgan fingerprint density at radius 2 is 0.872 bits per heavy atom. The summed E-state index contributed by atoms with van der Waals surface area (Å²) in [5.74, 6) is -0.385. The first-order chi connectivity index (χ1) is 64.8. The number of aryl methyl sites for hydroxylation is 1. The van der Waals surface area contributed by atoms with Crippen LogP contribution in [0.25, 0.3) is 27.6 Å². The van der Waals surface area contributed by atoms with Crippen molar-refractivity contribution in [3.8, 4) is 5.75 Å². The lowest BCUT2D eigenvalue weighted by molar-refractivity contribution is -0.146. The molecule has 4 aliphatic rings. The van der Waals surface area contributed by atoms with E-state index in [0.717, 1.165) is 76.1 Å². The zero-order valence-corrected chi connectivity index (χ0v) is 76.5. The van der Waals surface area contributed by atoms with Crippen molar-refractivity contribution in [2.24, 2.45) is 38.8 Å². The molecule has 3 saturated heterocycles. The normalized spacial score (nSPS) is 18.1. The summed E-state index contributed by atoms with van der Waals surface area (Å²) in [5, 5.41) is 27.0. The third kappa shape index (κ3) is 31.0. The number of fused-ring (bicyclic) bond motifs is 2. The molecule has 7 amide bonds. The van der Waals surface area contributed by atoms with Crippen molar-refractivity contribution in [1.82, 2.24) is 51.9 Å². The number of aliphatic imine (C=N–C) groups is 2. The Bertz CT molecular complexity index is 5430. The van der Waals surface area contributed by atoms with E-state index in [2.05, 4.69) is 71.5 Å². The molecule has 26 nitrogen and oxygen atoms in total. The topological polar surface area (TPSA) is 378 Å². The number of rotatable bonds is 37. The van der Waals surface area contributed by atoms with Gasteiger partial charge in [0, 0.05) is 119 Å². The predicted octanol–water partition coefficient (Wildman–Crippen LogP) is 12.5. The first-order valence-electron chi connectivity index (χ1n) is 47.0. The molecule has 698 valence electrons. The summed E-state index contributed by atoms with van der Waals surface area (Å²) in [6.45, 7) is 9.30. The molecule has 2 unspecified atom stereocenters. The van der Waals surface area contributed by atoms with Crippen molar-refractivity contribution in [2.45, 2.75) is 158 Å². The molecule has 3 heterocycles. The molecule has 0 radical (unpaired) electrons. The number of nitrogens with one attached hydrogen (secondary N) is 7. The summed E-state index contributed by atoms with van der Waals surface area (Å²) in [7, 11) is 0. The zero-order chi connectivity index (χ0) is 93.5. The molecule has 1 saturated carbocycles. The summed E-state index contributed by atoms with van der Waals surface area (Å²) in [5.41, 5.74) is 29.4. The van der Waals surface area contributed by atoms with E-state index in [-0.39, 0.29) is 108 Å². The highest BCUT2D eigenvalue weighted by Crippen LogP contribution is 2.31. The second kappa shape index (κ2) is 51.9. The molecule has 0 spiro atoms. The Morgan fingerprint density at radius 3 is 1.35 bits per heavy atom. The van der Waals surface area contributed by atoms with E-state index in [1.54, 1.807) is 17.9 Å². The lowest BCUT2D eigenvalue weighted by atomic mass is 9.88. The van der Waals surface area contributed by atoms with Gasteiger partial charge in [0.1, 0.15) is 11.9 Å². The molecule has 1 aliphatic carbocycles. The molecule has 14 rings (SSSR count). The fourth-order valence-electron chi connectivity index (χ4n) is 17.6. The Labute approximate surface area is 781 Å². The maximum atomic E-state index is 14.2. The number of para-hydroxylation sites is 1. The van der Waals surface area contributed by atoms with E-state index in [1.807, 2.05) is 259 Å². The highest BCUT2D eigenvalue weighted by atomic mass is 16.5. The number of guanidine groups is 2. The van der Waals surface area contributed by atoms with E-state index in [9.17, 15) is 38.4 Å². The summed E-state index contributed by atoms with van der Waals surface area (Å²) in [6, 6.07) is 83.2. The number of nitrogens with two attached hydrogens (primary N) is 4. The molecule has 133 heavy (non-hydrogen) atoms. The first kappa shape index (κ1) is 98.5. The third-order valence-electron chi connectivity index (χ3n) is 24.8. The molecular weight excluding hydrogens is 1670 g/mol. The van der Waals surface area contributed by atoms with Crippen molar-refractivity contribution < 1.29 is 47.8 Å². The van der Waals surface area contributed by atoms with Crippen LogP contribution in [-0.2, 0) is 33.5 Å². The Morgan fingerprint density at radius 1 is 0.451 bits per heavy atom. The Hall–Kier alpha value is -13.6. The largest absolute Gasteiger partial charge is 0.484 e. The van der Waals surface area contributed by atoms with Crippen LogP contribution in [0.3, 0.4) is 0 Å². The van der Waals surface area contributed by atoms with Gasteiger partial charge in [0.2, 0.25) is 29.5 Å². The van der Waals surface area contributed by atoms with Gasteiger partial charge in [-0.25, -0.2) is 0 Å². The summed E-state index contributed by atoms with van der Waals surface area (Å²) in [4.78, 5) is 120. The van der Waals surface area contributed by atoms with Crippen LogP contribution < -0.4 is 64.9 Å². The van der Waals surface area contributed by atoms with Gasteiger partial charge < -0.3 is 84.3 Å². The van der Waals surface area contributed by atoms with Gasteiger partial charge in [-0.1, -0.05) is 249 Å². The van der Waals surface area contributed by atoms with Crippen molar-refractivity contribution in [1.29, 1.82) is 0 Å². The van der Waals surface area contributed by atoms with Crippen molar-refractivity contribution >= 4 is 86.9 Å². The number of amides is 7. The summed E-state index contributed by atoms with van der Waals surface area (Å²) in [6.07, 6.45) is 14.0. The van der Waals surface area contributed by atoms with Crippen LogP contribution in [0, 0.1) is 12.8 Å². The van der Waals surface area contributed by atoms with Gasteiger partial charge >= 0.3 is 5.97 Å². The van der Waals surface area contributed by atoms with Crippen molar-refractivity contribution in [2.75, 3.05) is 85.1 Å². The third-order valence-corrected chi connectivity index (χ3v) is 24.8. The van der Waals surface area contributed by atoms with Gasteiger partial charge in [0.05, 0.1) is 37.2 Å². The molecule has 10 aromatic carbocycles. The number of carbonyl (C=O) groups excluding carboxylic acids is 8. The number of hydrogen-bond donors (Lipinski definition) is 11. The monoisotopic (exact) mass is 1800 g/mol. The predicted molar refractivity (Wildman–Crippen MR) is 527 cm³/mol. The number of hydrogen-bond acceptors (Lipinski definition) is 15. The second-order valence-electron chi connectivity index (χ2n) is 34.6. The average molecular weight is 1800 g/mol. The van der Waals surface area contributed by atoms with E-state index in [4.69, 9.17) is 32.4 Å². The van der Waals surface area contributed by atoms with Crippen LogP contribution in [0.1, 0.15) is 169 Å². The van der Waals surface area contributed by atoms with E-state index >= 15 is 0 Å². The standard InChI is InChI=1S/C40H50N4O3.C35H40N6O3.C32H40N6O4/c1-30-19-21-31(22-20-30)23-24-38(45)42-28-35-25-27-44(29-36(32-12-5-2-6-13-32)33-14-7-3-8-15-33)40(47)37(43-35)18-11-26-41-39(46)34-16-9-4-10-17-34;36-35(37)38-20-9-16-31-34(43)41(24-32(26-11-3-1-4-12-26)44-30-14-5-2-6-15-30)21-19-29(40-31)23-39-33(42)28-18-17-25-10-7-8-13-27(25)22-28;1-2-42-31(41)27(23-10-4-3-5-11-23)21-38-18-16-26(37-28(30(38)40)13-8-17-35-32(33)34)20-36-29(39)25-15-14-22-9-6-7-12-24(22)19-25/h2-3,5-8,12-15,19-24,34-37,43H,4,9-11,16-18,25-29H2,1H3,(H,41,46)(H,42,45);1-8,10-15,17-18,22,29,31-32,40H,9,16,19-21,23-24H2,(H,39,42)(H4,36,37,38);3-7,9-12,14-15,19,26-28,37H,2,8,13,16-18,20-21H2,1H3,(H,36,39)(H4,33,34,35)/b24-23+;;/t35-,37-;29-,31-,32?;26-,27?,28-/m000/s1. The Balaban J connectivity index is 0.000000180. The van der Waals surface area contributed by atoms with Crippen LogP contribution in [0.15, 0.2) is 277 Å². The van der Waals surface area contributed by atoms with Gasteiger partial charge in [0.25, 0.3) is 11.8 Å². The minimum Gasteiger partial charge on any atom is -0.484 e. The number of benzene rings is 10. The second-order valence-corrected chi connectivity index (χ2v) is 34.6. The Kier molecular flexibility index (Phi) is 38.4. The van der Waals surface area contributed by atoms with Gasteiger partial charge in [-0.3, -0.25) is 48.3 Å². The highest BCUT2D eigenvalue weighted by Gasteiger charge is 2.38. The fraction of sp³-hybridized carbons (Fsp3) is 0.364. The maximum absolute atomic E-state index is 14.2.